The Labute approximate surface area is 143 Å². The number of hydrogen-bond donors (Lipinski definition) is 2. The molecule has 24 heavy (non-hydrogen) atoms. The summed E-state index contributed by atoms with van der Waals surface area (Å²) in [4.78, 5) is 16.3. The number of carbonyl (C=O) groups excluding carboxylic acids is 1. The van der Waals surface area contributed by atoms with E-state index in [-0.39, 0.29) is 5.91 Å². The van der Waals surface area contributed by atoms with Crippen molar-refractivity contribution in [3.63, 3.8) is 0 Å². The quantitative estimate of drug-likeness (QED) is 0.500. The predicted molar refractivity (Wildman–Crippen MR) is 96.7 cm³/mol. The number of aromatic nitrogens is 1. The minimum absolute atomic E-state index is 0.188. The van der Waals surface area contributed by atoms with Gasteiger partial charge in [0.15, 0.2) is 5.69 Å². The Morgan fingerprint density at radius 1 is 1.08 bits per heavy atom. The van der Waals surface area contributed by atoms with Gasteiger partial charge in [-0.05, 0) is 30.7 Å². The Hall–Kier alpha value is -2.30. The van der Waals surface area contributed by atoms with E-state index in [4.69, 9.17) is 10.2 Å². The monoisotopic (exact) mass is 329 g/mol. The molecule has 0 spiro atoms. The number of benzene rings is 1. The van der Waals surface area contributed by atoms with Crippen molar-refractivity contribution >= 4 is 11.6 Å². The fourth-order valence-corrected chi connectivity index (χ4v) is 2.51. The lowest BCUT2D eigenvalue weighted by Crippen LogP contribution is -2.24. The highest BCUT2D eigenvalue weighted by molar-refractivity contribution is 5.92. The molecule has 3 N–H and O–H groups in total. The van der Waals surface area contributed by atoms with Crippen molar-refractivity contribution in [2.24, 2.45) is 0 Å². The molecular formula is C19H27N3O2. The van der Waals surface area contributed by atoms with Gasteiger partial charge in [0.2, 0.25) is 5.89 Å². The van der Waals surface area contributed by atoms with Crippen LogP contribution in [0.5, 0.6) is 0 Å². The second-order valence-corrected chi connectivity index (χ2v) is 6.04. The van der Waals surface area contributed by atoms with E-state index < -0.39 is 0 Å². The maximum absolute atomic E-state index is 12.1. The minimum atomic E-state index is -0.188. The predicted octanol–water partition coefficient (Wildman–Crippen LogP) is 4.40. The van der Waals surface area contributed by atoms with E-state index in [1.807, 2.05) is 12.1 Å². The van der Waals surface area contributed by atoms with Crippen molar-refractivity contribution in [3.05, 3.63) is 36.2 Å². The van der Waals surface area contributed by atoms with Gasteiger partial charge in [0.05, 0.1) is 0 Å². The lowest BCUT2D eigenvalue weighted by molar-refractivity contribution is 0.0948. The van der Waals surface area contributed by atoms with Gasteiger partial charge >= 0.3 is 0 Å². The molecule has 5 heteroatoms. The topological polar surface area (TPSA) is 81.2 Å². The first kappa shape index (κ1) is 18.0. The molecule has 1 aromatic carbocycles. The lowest BCUT2D eigenvalue weighted by atomic mass is 10.1. The molecule has 0 aliphatic heterocycles. The Balaban J connectivity index is 1.70. The lowest BCUT2D eigenvalue weighted by Gasteiger charge is -2.03. The first-order valence-corrected chi connectivity index (χ1v) is 8.80. The first-order chi connectivity index (χ1) is 11.7. The molecule has 0 saturated heterocycles. The van der Waals surface area contributed by atoms with Crippen molar-refractivity contribution in [3.8, 4) is 11.5 Å². The highest BCUT2D eigenvalue weighted by atomic mass is 16.3. The summed E-state index contributed by atoms with van der Waals surface area (Å²) in [6, 6.07) is 7.20. The molecule has 5 nitrogen and oxygen atoms in total. The summed E-state index contributed by atoms with van der Waals surface area (Å²) in [6.07, 6.45) is 9.98. The van der Waals surface area contributed by atoms with Crippen molar-refractivity contribution < 1.29 is 9.21 Å². The summed E-state index contributed by atoms with van der Waals surface area (Å²) in [5.41, 5.74) is 7.45. The number of unbranched alkanes of at least 4 members (excludes halogenated alkanes) is 6. The zero-order valence-electron chi connectivity index (χ0n) is 14.4. The van der Waals surface area contributed by atoms with Crippen LogP contribution in [0.2, 0.25) is 0 Å². The molecule has 1 heterocycles. The van der Waals surface area contributed by atoms with Crippen molar-refractivity contribution in [2.45, 2.75) is 51.9 Å². The molecule has 0 aliphatic carbocycles. The summed E-state index contributed by atoms with van der Waals surface area (Å²) in [7, 11) is 0. The second-order valence-electron chi connectivity index (χ2n) is 6.04. The average molecular weight is 329 g/mol. The number of rotatable bonds is 10. The van der Waals surface area contributed by atoms with Crippen LogP contribution in [0.25, 0.3) is 11.5 Å². The van der Waals surface area contributed by atoms with E-state index in [9.17, 15) is 4.79 Å². The highest BCUT2D eigenvalue weighted by Gasteiger charge is 2.12. The van der Waals surface area contributed by atoms with Crippen LogP contribution in [0.4, 0.5) is 5.69 Å². The van der Waals surface area contributed by atoms with Crippen molar-refractivity contribution in [1.29, 1.82) is 0 Å². The van der Waals surface area contributed by atoms with Gasteiger partial charge in [0.25, 0.3) is 5.91 Å². The molecule has 0 aliphatic rings. The van der Waals surface area contributed by atoms with Crippen LogP contribution in [-0.4, -0.2) is 17.4 Å². The maximum atomic E-state index is 12.1. The number of oxazole rings is 1. The molecule has 0 saturated carbocycles. The fraction of sp³-hybridized carbons (Fsp3) is 0.474. The summed E-state index contributed by atoms with van der Waals surface area (Å²) in [5, 5.41) is 2.89. The van der Waals surface area contributed by atoms with Gasteiger partial charge in [-0.1, -0.05) is 45.4 Å². The molecular weight excluding hydrogens is 302 g/mol. The van der Waals surface area contributed by atoms with E-state index in [0.717, 1.165) is 18.4 Å². The summed E-state index contributed by atoms with van der Waals surface area (Å²) >= 11 is 0. The Bertz CT molecular complexity index is 620. The Morgan fingerprint density at radius 3 is 2.46 bits per heavy atom. The van der Waals surface area contributed by atoms with Crippen molar-refractivity contribution in [1.82, 2.24) is 10.3 Å². The van der Waals surface area contributed by atoms with Gasteiger partial charge in [-0.25, -0.2) is 4.98 Å². The summed E-state index contributed by atoms with van der Waals surface area (Å²) in [6.45, 7) is 2.90. The van der Waals surface area contributed by atoms with Crippen LogP contribution in [0, 0.1) is 0 Å². The zero-order valence-corrected chi connectivity index (χ0v) is 14.4. The van der Waals surface area contributed by atoms with Crippen LogP contribution >= 0.6 is 0 Å². The molecule has 0 bridgehead atoms. The van der Waals surface area contributed by atoms with Crippen LogP contribution in [-0.2, 0) is 0 Å². The van der Waals surface area contributed by atoms with E-state index in [1.165, 1.54) is 38.4 Å². The largest absolute Gasteiger partial charge is 0.444 e. The number of hydrogen-bond acceptors (Lipinski definition) is 4. The summed E-state index contributed by atoms with van der Waals surface area (Å²) in [5.74, 6) is 0.238. The highest BCUT2D eigenvalue weighted by Crippen LogP contribution is 2.19. The van der Waals surface area contributed by atoms with Crippen LogP contribution < -0.4 is 11.1 Å². The fourth-order valence-electron chi connectivity index (χ4n) is 2.51. The Morgan fingerprint density at radius 2 is 1.75 bits per heavy atom. The van der Waals surface area contributed by atoms with E-state index in [1.54, 1.807) is 12.1 Å². The van der Waals surface area contributed by atoms with Gasteiger partial charge < -0.3 is 15.5 Å². The summed E-state index contributed by atoms with van der Waals surface area (Å²) < 4.78 is 5.38. The SMILES string of the molecule is CCCCCCCCCNC(=O)c1coc(-c2ccc(N)cc2)n1. The third-order valence-electron chi connectivity index (χ3n) is 3.96. The average Bonchev–Trinajstić information content (AvgIpc) is 3.08. The molecule has 2 aromatic rings. The van der Waals surface area contributed by atoms with Crippen LogP contribution in [0.3, 0.4) is 0 Å². The number of amides is 1. The standard InChI is InChI=1S/C19H27N3O2/c1-2-3-4-5-6-7-8-13-21-18(23)17-14-24-19(22-17)15-9-11-16(20)12-10-15/h9-12,14H,2-8,13,20H2,1H3,(H,21,23). The molecule has 1 amide bonds. The number of nitrogens with one attached hydrogen (secondary N) is 1. The first-order valence-electron chi connectivity index (χ1n) is 8.80. The number of nitrogen functional groups attached to an aromatic ring is 1. The van der Waals surface area contributed by atoms with Crippen LogP contribution in [0.15, 0.2) is 34.9 Å². The van der Waals surface area contributed by atoms with E-state index >= 15 is 0 Å². The third-order valence-corrected chi connectivity index (χ3v) is 3.96. The molecule has 0 fully saturated rings. The maximum Gasteiger partial charge on any atom is 0.273 e. The van der Waals surface area contributed by atoms with E-state index in [2.05, 4.69) is 17.2 Å². The van der Waals surface area contributed by atoms with Crippen LogP contribution in [0.1, 0.15) is 62.4 Å². The number of nitrogens with zero attached hydrogens (tertiary/aromatic N) is 1. The van der Waals surface area contributed by atoms with Crippen molar-refractivity contribution in [2.75, 3.05) is 12.3 Å². The van der Waals surface area contributed by atoms with E-state index in [0.29, 0.717) is 23.8 Å². The molecule has 0 unspecified atom stereocenters. The number of nitrogens with two attached hydrogens (primary N) is 1. The zero-order chi connectivity index (χ0) is 17.2. The molecule has 0 radical (unpaired) electrons. The number of carbonyl (C=O) groups is 1. The third kappa shape index (κ3) is 5.72. The van der Waals surface area contributed by atoms with Gasteiger partial charge in [-0.15, -0.1) is 0 Å². The molecule has 1 aromatic heterocycles. The number of anilines is 1. The van der Waals surface area contributed by atoms with Gasteiger partial charge in [0.1, 0.15) is 6.26 Å². The molecule has 2 rings (SSSR count). The normalized spacial score (nSPS) is 10.7. The minimum Gasteiger partial charge on any atom is -0.444 e. The van der Waals surface area contributed by atoms with Gasteiger partial charge in [0, 0.05) is 17.8 Å². The molecule has 130 valence electrons. The molecule has 0 atom stereocenters. The Kier molecular flexibility index (Phi) is 7.33. The second kappa shape index (κ2) is 9.75. The van der Waals surface area contributed by atoms with Gasteiger partial charge in [-0.2, -0.15) is 0 Å². The smallest absolute Gasteiger partial charge is 0.273 e. The van der Waals surface area contributed by atoms with Gasteiger partial charge in [-0.3, -0.25) is 4.79 Å².